The number of aliphatic hydroxyl groups is 1. The van der Waals surface area contributed by atoms with Crippen LogP contribution >= 0.6 is 11.6 Å². The lowest BCUT2D eigenvalue weighted by molar-refractivity contribution is -0.202. The van der Waals surface area contributed by atoms with E-state index in [1.807, 2.05) is 24.3 Å². The Morgan fingerprint density at radius 3 is 2.51 bits per heavy atom. The molecule has 2 aromatic carbocycles. The number of ether oxygens (including phenoxy) is 5. The zero-order valence-corrected chi connectivity index (χ0v) is 21.3. The molecule has 0 amide bonds. The first-order valence-corrected chi connectivity index (χ1v) is 12.4. The molecule has 2 aliphatic rings. The highest BCUT2D eigenvalue weighted by Crippen LogP contribution is 2.35. The molecule has 4 rings (SSSR count). The molecule has 0 radical (unpaired) electrons. The monoisotopic (exact) mass is 532 g/mol. The summed E-state index contributed by atoms with van der Waals surface area (Å²) in [7, 11) is 0. The molecule has 1 N–H and O–H groups in total. The highest BCUT2D eigenvalue weighted by Gasteiger charge is 2.47. The van der Waals surface area contributed by atoms with Crippen molar-refractivity contribution in [3.8, 4) is 5.75 Å². The standard InChI is InChI=1S/C27H29ClO9/c1-15(29)34-14-23-24(31)25(32)27(35-16(2)30)26(37-23)18-5-8-22(28)19(12-18)11-17-3-6-20(7-4-17)36-21-9-10-33-13-21/h3-8,12,21,23,25-27,32H,9-11,13-14H2,1-2H3/t21-,23+,25-,26-,27-/m0/s1. The van der Waals surface area contributed by atoms with Gasteiger partial charge in [-0.15, -0.1) is 0 Å². The Kier molecular flexibility index (Phi) is 8.81. The largest absolute Gasteiger partial charge is 0.488 e. The predicted octanol–water partition coefficient (Wildman–Crippen LogP) is 2.96. The maximum Gasteiger partial charge on any atom is 0.303 e. The molecule has 198 valence electrons. The van der Waals surface area contributed by atoms with Gasteiger partial charge in [0.1, 0.15) is 24.6 Å². The summed E-state index contributed by atoms with van der Waals surface area (Å²) in [5, 5.41) is 11.2. The number of esters is 2. The summed E-state index contributed by atoms with van der Waals surface area (Å²) in [5.41, 5.74) is 2.30. The van der Waals surface area contributed by atoms with Crippen molar-refractivity contribution < 1.29 is 43.2 Å². The third-order valence-corrected chi connectivity index (χ3v) is 6.54. The first-order chi connectivity index (χ1) is 17.7. The topological polar surface area (TPSA) is 118 Å². The quantitative estimate of drug-likeness (QED) is 0.512. The Morgan fingerprint density at radius 2 is 1.86 bits per heavy atom. The molecule has 9 nitrogen and oxygen atoms in total. The summed E-state index contributed by atoms with van der Waals surface area (Å²) in [6.45, 7) is 3.31. The minimum Gasteiger partial charge on any atom is -0.488 e. The Morgan fingerprint density at radius 1 is 1.11 bits per heavy atom. The van der Waals surface area contributed by atoms with Crippen LogP contribution in [0.25, 0.3) is 0 Å². The summed E-state index contributed by atoms with van der Waals surface area (Å²) in [6, 6.07) is 12.8. The van der Waals surface area contributed by atoms with Crippen LogP contribution in [0, 0.1) is 0 Å². The van der Waals surface area contributed by atoms with Crippen molar-refractivity contribution in [3.63, 3.8) is 0 Å². The molecule has 0 saturated carbocycles. The molecule has 2 aliphatic heterocycles. The van der Waals surface area contributed by atoms with Crippen LogP contribution in [0.15, 0.2) is 42.5 Å². The molecule has 0 unspecified atom stereocenters. The number of halogens is 1. The average Bonchev–Trinajstić information content (AvgIpc) is 3.37. The van der Waals surface area contributed by atoms with Gasteiger partial charge in [0.25, 0.3) is 0 Å². The average molecular weight is 533 g/mol. The second kappa shape index (κ2) is 12.0. The maximum atomic E-state index is 12.6. The zero-order chi connectivity index (χ0) is 26.5. The fraction of sp³-hybridized carbons (Fsp3) is 0.444. The van der Waals surface area contributed by atoms with Crippen LogP contribution in [0.1, 0.15) is 43.1 Å². The van der Waals surface area contributed by atoms with Crippen molar-refractivity contribution in [3.05, 3.63) is 64.2 Å². The first-order valence-electron chi connectivity index (χ1n) is 12.0. The molecule has 5 atom stereocenters. The highest BCUT2D eigenvalue weighted by molar-refractivity contribution is 6.31. The number of carbonyl (C=O) groups is 3. The number of hydrogen-bond acceptors (Lipinski definition) is 9. The van der Waals surface area contributed by atoms with E-state index in [4.69, 9.17) is 35.3 Å². The Bertz CT molecular complexity index is 1120. The molecular formula is C27H29ClO9. The number of rotatable bonds is 8. The summed E-state index contributed by atoms with van der Waals surface area (Å²) < 4.78 is 27.4. The molecule has 2 aromatic rings. The van der Waals surface area contributed by atoms with Gasteiger partial charge in [0.05, 0.1) is 13.2 Å². The van der Waals surface area contributed by atoms with E-state index in [0.29, 0.717) is 30.2 Å². The van der Waals surface area contributed by atoms with Crippen LogP contribution < -0.4 is 4.74 Å². The second-order valence-corrected chi connectivity index (χ2v) is 9.45. The van der Waals surface area contributed by atoms with Crippen molar-refractivity contribution in [2.24, 2.45) is 0 Å². The van der Waals surface area contributed by atoms with Gasteiger partial charge in [-0.05, 0) is 41.3 Å². The van der Waals surface area contributed by atoms with Gasteiger partial charge in [-0.25, -0.2) is 0 Å². The smallest absolute Gasteiger partial charge is 0.303 e. The lowest BCUT2D eigenvalue weighted by Gasteiger charge is -2.38. The van der Waals surface area contributed by atoms with Gasteiger partial charge in [0, 0.05) is 25.3 Å². The van der Waals surface area contributed by atoms with Gasteiger partial charge in [0.2, 0.25) is 0 Å². The predicted molar refractivity (Wildman–Crippen MR) is 131 cm³/mol. The van der Waals surface area contributed by atoms with Crippen molar-refractivity contribution in [1.29, 1.82) is 0 Å². The van der Waals surface area contributed by atoms with Gasteiger partial charge >= 0.3 is 11.9 Å². The highest BCUT2D eigenvalue weighted by atomic mass is 35.5. The molecule has 2 heterocycles. The van der Waals surface area contributed by atoms with Crippen LogP contribution in [0.2, 0.25) is 5.02 Å². The van der Waals surface area contributed by atoms with Crippen LogP contribution in [0.3, 0.4) is 0 Å². The fourth-order valence-corrected chi connectivity index (χ4v) is 4.54. The molecule has 2 saturated heterocycles. The lowest BCUT2D eigenvalue weighted by Crippen LogP contribution is -2.54. The number of ketones is 1. The summed E-state index contributed by atoms with van der Waals surface area (Å²) in [5.74, 6) is -1.24. The molecule has 0 aliphatic carbocycles. The van der Waals surface area contributed by atoms with Crippen molar-refractivity contribution >= 4 is 29.3 Å². The molecule has 2 fully saturated rings. The van der Waals surface area contributed by atoms with E-state index >= 15 is 0 Å². The second-order valence-electron chi connectivity index (χ2n) is 9.04. The van der Waals surface area contributed by atoms with Crippen molar-refractivity contribution in [2.75, 3.05) is 19.8 Å². The third-order valence-electron chi connectivity index (χ3n) is 6.18. The van der Waals surface area contributed by atoms with E-state index in [0.717, 1.165) is 23.3 Å². The SMILES string of the molecule is CC(=O)OC[C@H]1O[C@@H](c2ccc(Cl)c(Cc3ccc(O[C@H]4CCOC4)cc3)c2)[C@@H](OC(C)=O)[C@@H](O)C1=O. The normalized spacial score (nSPS) is 25.5. The Balaban J connectivity index is 1.54. The van der Waals surface area contributed by atoms with Gasteiger partial charge < -0.3 is 28.8 Å². The number of Topliss-reactive ketones (excluding diaryl/α,β-unsaturated/α-hetero) is 1. The summed E-state index contributed by atoms with van der Waals surface area (Å²) >= 11 is 6.49. The van der Waals surface area contributed by atoms with Gasteiger partial charge in [-0.3, -0.25) is 14.4 Å². The van der Waals surface area contributed by atoms with E-state index in [2.05, 4.69) is 0 Å². The molecular weight excluding hydrogens is 504 g/mol. The van der Waals surface area contributed by atoms with E-state index in [1.165, 1.54) is 13.8 Å². The van der Waals surface area contributed by atoms with E-state index in [1.54, 1.807) is 18.2 Å². The number of aliphatic hydroxyl groups excluding tert-OH is 1. The Labute approximate surface area is 219 Å². The van der Waals surface area contributed by atoms with Crippen molar-refractivity contribution in [2.45, 2.75) is 57.2 Å². The summed E-state index contributed by atoms with van der Waals surface area (Å²) in [6.07, 6.45) is -3.72. The van der Waals surface area contributed by atoms with E-state index < -0.39 is 42.1 Å². The number of carbonyl (C=O) groups excluding carboxylic acids is 3. The molecule has 0 spiro atoms. The molecule has 0 aromatic heterocycles. The number of hydrogen-bond donors (Lipinski definition) is 1. The third kappa shape index (κ3) is 6.87. The fourth-order valence-electron chi connectivity index (χ4n) is 4.35. The number of benzene rings is 2. The molecule has 0 bridgehead atoms. The minimum absolute atomic E-state index is 0.0598. The van der Waals surface area contributed by atoms with E-state index in [-0.39, 0.29) is 12.7 Å². The van der Waals surface area contributed by atoms with Crippen molar-refractivity contribution in [1.82, 2.24) is 0 Å². The van der Waals surface area contributed by atoms with Crippen LogP contribution in [-0.2, 0) is 39.8 Å². The molecule has 10 heteroatoms. The van der Waals surface area contributed by atoms with Crippen LogP contribution in [-0.4, -0.2) is 67.1 Å². The maximum absolute atomic E-state index is 12.6. The first kappa shape index (κ1) is 27.1. The van der Waals surface area contributed by atoms with Gasteiger partial charge in [-0.2, -0.15) is 0 Å². The Hall–Kier alpha value is -2.98. The van der Waals surface area contributed by atoms with E-state index in [9.17, 15) is 19.5 Å². The van der Waals surface area contributed by atoms with Crippen LogP contribution in [0.4, 0.5) is 0 Å². The van der Waals surface area contributed by atoms with Gasteiger partial charge in [-0.1, -0.05) is 35.9 Å². The summed E-state index contributed by atoms with van der Waals surface area (Å²) in [4.78, 5) is 35.6. The van der Waals surface area contributed by atoms with Gasteiger partial charge in [0.15, 0.2) is 24.1 Å². The molecule has 37 heavy (non-hydrogen) atoms. The zero-order valence-electron chi connectivity index (χ0n) is 20.6. The minimum atomic E-state index is -1.65. The van der Waals surface area contributed by atoms with Crippen LogP contribution in [0.5, 0.6) is 5.75 Å². The lowest BCUT2D eigenvalue weighted by atomic mass is 9.90.